The zero-order valence-electron chi connectivity index (χ0n) is 18.6. The molecule has 31 heavy (non-hydrogen) atoms. The van der Waals surface area contributed by atoms with E-state index in [2.05, 4.69) is 5.32 Å². The summed E-state index contributed by atoms with van der Waals surface area (Å²) >= 11 is 1.37. The van der Waals surface area contributed by atoms with Crippen LogP contribution in [0, 0.1) is 11.7 Å². The summed E-state index contributed by atoms with van der Waals surface area (Å²) in [5, 5.41) is 2.97. The van der Waals surface area contributed by atoms with Gasteiger partial charge in [0.25, 0.3) is 0 Å². The van der Waals surface area contributed by atoms with Crippen molar-refractivity contribution in [3.8, 4) is 0 Å². The lowest BCUT2D eigenvalue weighted by Gasteiger charge is -2.31. The van der Waals surface area contributed by atoms with Gasteiger partial charge in [-0.05, 0) is 36.0 Å². The Labute approximate surface area is 189 Å². The quantitative estimate of drug-likeness (QED) is 0.517. The molecule has 0 unspecified atom stereocenters. The maximum atomic E-state index is 13.9. The topological polar surface area (TPSA) is 49.4 Å². The lowest BCUT2D eigenvalue weighted by molar-refractivity contribution is -0.138. The Bertz CT molecular complexity index is 829. The Morgan fingerprint density at radius 2 is 1.74 bits per heavy atom. The van der Waals surface area contributed by atoms with Crippen LogP contribution in [-0.2, 0) is 21.8 Å². The van der Waals surface area contributed by atoms with Crippen LogP contribution in [0.4, 0.5) is 4.39 Å². The number of halogens is 1. The fourth-order valence-electron chi connectivity index (χ4n) is 3.27. The average Bonchev–Trinajstić information content (AvgIpc) is 2.76. The van der Waals surface area contributed by atoms with Crippen molar-refractivity contribution in [3.63, 3.8) is 0 Å². The largest absolute Gasteiger partial charge is 0.354 e. The first-order valence-electron chi connectivity index (χ1n) is 10.8. The Morgan fingerprint density at radius 1 is 1.06 bits per heavy atom. The molecular weight excluding hydrogens is 411 g/mol. The van der Waals surface area contributed by atoms with Gasteiger partial charge in [0.1, 0.15) is 11.9 Å². The number of carbonyl (C=O) groups is 2. The van der Waals surface area contributed by atoms with Crippen LogP contribution in [0.1, 0.15) is 38.3 Å². The van der Waals surface area contributed by atoms with Gasteiger partial charge >= 0.3 is 0 Å². The molecule has 0 aliphatic heterocycles. The number of hydrogen-bond donors (Lipinski definition) is 1. The Morgan fingerprint density at radius 3 is 2.39 bits per heavy atom. The molecule has 2 aromatic rings. The van der Waals surface area contributed by atoms with Crippen LogP contribution in [0.2, 0.25) is 0 Å². The summed E-state index contributed by atoms with van der Waals surface area (Å²) in [5.41, 5.74) is 1.70. The maximum absolute atomic E-state index is 13.9. The maximum Gasteiger partial charge on any atom is 0.242 e. The van der Waals surface area contributed by atoms with Crippen molar-refractivity contribution in [1.82, 2.24) is 10.2 Å². The molecule has 0 saturated heterocycles. The highest BCUT2D eigenvalue weighted by Gasteiger charge is 2.28. The summed E-state index contributed by atoms with van der Waals surface area (Å²) in [5.74, 6) is 0.493. The third-order valence-electron chi connectivity index (χ3n) is 5.00. The van der Waals surface area contributed by atoms with E-state index in [1.165, 1.54) is 17.8 Å². The SMILES string of the molecule is CC[C@@H](C(=O)NCC(C)C)N(CCc1ccccc1)C(=O)CSCc1ccccc1F. The van der Waals surface area contributed by atoms with Gasteiger partial charge in [-0.25, -0.2) is 4.39 Å². The number of rotatable bonds is 12. The van der Waals surface area contributed by atoms with E-state index in [9.17, 15) is 14.0 Å². The summed E-state index contributed by atoms with van der Waals surface area (Å²) in [4.78, 5) is 27.6. The molecule has 0 saturated carbocycles. The number of benzene rings is 2. The fraction of sp³-hybridized carbons (Fsp3) is 0.440. The van der Waals surface area contributed by atoms with Crippen LogP contribution in [0.15, 0.2) is 54.6 Å². The van der Waals surface area contributed by atoms with Gasteiger partial charge in [-0.1, -0.05) is 69.3 Å². The molecular formula is C25H33FN2O2S. The van der Waals surface area contributed by atoms with Gasteiger partial charge in [0.05, 0.1) is 5.75 Å². The van der Waals surface area contributed by atoms with Gasteiger partial charge in [-0.15, -0.1) is 11.8 Å². The first-order valence-corrected chi connectivity index (χ1v) is 12.0. The summed E-state index contributed by atoms with van der Waals surface area (Å²) in [7, 11) is 0. The Hall–Kier alpha value is -2.34. The van der Waals surface area contributed by atoms with Gasteiger partial charge in [-0.3, -0.25) is 9.59 Å². The van der Waals surface area contributed by atoms with Gasteiger partial charge in [0.15, 0.2) is 0 Å². The third-order valence-corrected chi connectivity index (χ3v) is 5.96. The first-order chi connectivity index (χ1) is 14.9. The highest BCUT2D eigenvalue weighted by atomic mass is 32.2. The van der Waals surface area contributed by atoms with E-state index in [4.69, 9.17) is 0 Å². The standard InChI is InChI=1S/C25H33FN2O2S/c1-4-23(25(30)27-16-19(2)3)28(15-14-20-10-6-5-7-11-20)24(29)18-31-17-21-12-8-9-13-22(21)26/h5-13,19,23H,4,14-18H2,1-3H3,(H,27,30)/t23-/m0/s1. The number of carbonyl (C=O) groups excluding carboxylic acids is 2. The third kappa shape index (κ3) is 8.37. The van der Waals surface area contributed by atoms with E-state index < -0.39 is 6.04 Å². The molecule has 0 radical (unpaired) electrons. The van der Waals surface area contributed by atoms with Crippen LogP contribution in [0.3, 0.4) is 0 Å². The summed E-state index contributed by atoms with van der Waals surface area (Å²) in [6.07, 6.45) is 1.22. The Kier molecular flexibility index (Phi) is 10.6. The number of nitrogens with one attached hydrogen (secondary N) is 1. The minimum atomic E-state index is -0.510. The van der Waals surface area contributed by atoms with Crippen molar-refractivity contribution in [2.75, 3.05) is 18.8 Å². The van der Waals surface area contributed by atoms with Gasteiger partial charge in [0.2, 0.25) is 11.8 Å². The van der Waals surface area contributed by atoms with Crippen LogP contribution < -0.4 is 5.32 Å². The zero-order valence-corrected chi connectivity index (χ0v) is 19.5. The van der Waals surface area contributed by atoms with Crippen molar-refractivity contribution < 1.29 is 14.0 Å². The second kappa shape index (κ2) is 13.2. The molecule has 168 valence electrons. The van der Waals surface area contributed by atoms with Crippen LogP contribution in [0.5, 0.6) is 0 Å². The molecule has 4 nitrogen and oxygen atoms in total. The fourth-order valence-corrected chi connectivity index (χ4v) is 4.16. The number of hydrogen-bond acceptors (Lipinski definition) is 3. The molecule has 2 rings (SSSR count). The minimum absolute atomic E-state index is 0.0937. The second-order valence-corrected chi connectivity index (χ2v) is 8.96. The van der Waals surface area contributed by atoms with Gasteiger partial charge < -0.3 is 10.2 Å². The van der Waals surface area contributed by atoms with Crippen molar-refractivity contribution in [3.05, 3.63) is 71.5 Å². The molecule has 0 aliphatic rings. The number of nitrogens with zero attached hydrogens (tertiary/aromatic N) is 1. The monoisotopic (exact) mass is 444 g/mol. The van der Waals surface area contributed by atoms with Crippen molar-refractivity contribution >= 4 is 23.6 Å². The second-order valence-electron chi connectivity index (χ2n) is 7.97. The molecule has 0 heterocycles. The molecule has 1 N–H and O–H groups in total. The normalized spacial score (nSPS) is 11.9. The molecule has 2 amide bonds. The van der Waals surface area contributed by atoms with E-state index >= 15 is 0 Å². The summed E-state index contributed by atoms with van der Waals surface area (Å²) < 4.78 is 13.9. The number of thioether (sulfide) groups is 1. The molecule has 0 fully saturated rings. The van der Waals surface area contributed by atoms with Crippen LogP contribution >= 0.6 is 11.8 Å². The molecule has 1 atom stereocenters. The molecule has 2 aromatic carbocycles. The predicted molar refractivity (Wildman–Crippen MR) is 126 cm³/mol. The van der Waals surface area contributed by atoms with E-state index in [1.807, 2.05) is 51.1 Å². The molecule has 6 heteroatoms. The first kappa shape index (κ1) is 24.9. The molecule has 0 spiro atoms. The van der Waals surface area contributed by atoms with Gasteiger partial charge in [0, 0.05) is 18.8 Å². The highest BCUT2D eigenvalue weighted by molar-refractivity contribution is 7.99. The predicted octanol–water partition coefficient (Wildman–Crippen LogP) is 4.68. The number of amides is 2. The van der Waals surface area contributed by atoms with Crippen LogP contribution in [0.25, 0.3) is 0 Å². The zero-order chi connectivity index (χ0) is 22.6. The van der Waals surface area contributed by atoms with E-state index in [-0.39, 0.29) is 23.4 Å². The summed E-state index contributed by atoms with van der Waals surface area (Å²) in [6.45, 7) is 7.06. The summed E-state index contributed by atoms with van der Waals surface area (Å²) in [6, 6.07) is 16.0. The average molecular weight is 445 g/mol. The van der Waals surface area contributed by atoms with Crippen molar-refractivity contribution in [2.24, 2.45) is 5.92 Å². The van der Waals surface area contributed by atoms with Crippen molar-refractivity contribution in [1.29, 1.82) is 0 Å². The van der Waals surface area contributed by atoms with E-state index in [1.54, 1.807) is 23.1 Å². The van der Waals surface area contributed by atoms with Gasteiger partial charge in [-0.2, -0.15) is 0 Å². The highest BCUT2D eigenvalue weighted by Crippen LogP contribution is 2.17. The lowest BCUT2D eigenvalue weighted by Crippen LogP contribution is -2.51. The van der Waals surface area contributed by atoms with E-state index in [0.29, 0.717) is 43.2 Å². The smallest absolute Gasteiger partial charge is 0.242 e. The van der Waals surface area contributed by atoms with Crippen molar-refractivity contribution in [2.45, 2.75) is 45.4 Å². The molecule has 0 aromatic heterocycles. The lowest BCUT2D eigenvalue weighted by atomic mass is 10.1. The van der Waals surface area contributed by atoms with Crippen LogP contribution in [-0.4, -0.2) is 41.6 Å². The minimum Gasteiger partial charge on any atom is -0.354 e. The Balaban J connectivity index is 2.05. The molecule has 0 bridgehead atoms. The van der Waals surface area contributed by atoms with E-state index in [0.717, 1.165) is 5.56 Å². The molecule has 0 aliphatic carbocycles.